The van der Waals surface area contributed by atoms with Crippen LogP contribution in [0.1, 0.15) is 34.3 Å². The number of hydrogen-bond acceptors (Lipinski definition) is 8. The highest BCUT2D eigenvalue weighted by Crippen LogP contribution is 2.30. The highest BCUT2D eigenvalue weighted by molar-refractivity contribution is 6.32. The molecule has 0 aliphatic carbocycles. The van der Waals surface area contributed by atoms with Gasteiger partial charge in [0.2, 0.25) is 5.91 Å². The Labute approximate surface area is 234 Å². The van der Waals surface area contributed by atoms with Crippen molar-refractivity contribution in [3.8, 4) is 17.2 Å². The van der Waals surface area contributed by atoms with E-state index >= 15 is 0 Å². The predicted molar refractivity (Wildman–Crippen MR) is 151 cm³/mol. The van der Waals surface area contributed by atoms with E-state index in [4.69, 9.17) is 25.8 Å². The lowest BCUT2D eigenvalue weighted by Crippen LogP contribution is -2.23. The lowest BCUT2D eigenvalue weighted by atomic mass is 9.97. The van der Waals surface area contributed by atoms with Crippen molar-refractivity contribution in [3.05, 3.63) is 105 Å². The van der Waals surface area contributed by atoms with Crippen LogP contribution in [0, 0.1) is 10.1 Å². The van der Waals surface area contributed by atoms with Gasteiger partial charge in [0.25, 0.3) is 5.69 Å². The minimum Gasteiger partial charge on any atom is -0.497 e. The number of ether oxygens (including phenoxy) is 3. The molecule has 4 aromatic rings. The van der Waals surface area contributed by atoms with Gasteiger partial charge >= 0.3 is 5.97 Å². The minimum atomic E-state index is -0.825. The Bertz CT molecular complexity index is 1640. The number of nitrogens with zero attached hydrogens (tertiary/aromatic N) is 2. The molecular weight excluding hydrogens is 538 g/mol. The van der Waals surface area contributed by atoms with E-state index < -0.39 is 22.5 Å². The number of halogens is 1. The number of fused-ring (bicyclic) bond motifs is 1. The fourth-order valence-corrected chi connectivity index (χ4v) is 4.03. The highest BCUT2D eigenvalue weighted by atomic mass is 35.5. The van der Waals surface area contributed by atoms with Gasteiger partial charge in [-0.2, -0.15) is 5.10 Å². The average molecular weight is 562 g/mol. The third kappa shape index (κ3) is 6.36. The van der Waals surface area contributed by atoms with Crippen LogP contribution < -0.4 is 19.6 Å². The van der Waals surface area contributed by atoms with E-state index in [1.807, 2.05) is 36.4 Å². The van der Waals surface area contributed by atoms with Gasteiger partial charge in [-0.15, -0.1) is 0 Å². The molecule has 0 bridgehead atoms. The summed E-state index contributed by atoms with van der Waals surface area (Å²) in [7, 11) is 3.01. The number of esters is 1. The molecular formula is C29H24ClN3O7. The van der Waals surface area contributed by atoms with E-state index in [1.165, 1.54) is 31.5 Å². The Morgan fingerprint density at radius 2 is 1.70 bits per heavy atom. The standard InChI is InChI=1S/C29H24ClN3O7/c1-17(19-5-6-21-14-23(38-2)9-7-20(21)13-19)28(34)32-31-16-18-4-11-26(27(12-18)39-3)40-29(35)22-8-10-24(30)25(15-22)33(36)37/h4-17H,1-3H3,(H,32,34). The van der Waals surface area contributed by atoms with Crippen LogP contribution in [0.2, 0.25) is 5.02 Å². The molecule has 0 aromatic heterocycles. The summed E-state index contributed by atoms with van der Waals surface area (Å²) in [5, 5.41) is 17.0. The number of hydrazone groups is 1. The second kappa shape index (κ2) is 12.3. The maximum absolute atomic E-state index is 12.7. The molecule has 0 heterocycles. The summed E-state index contributed by atoms with van der Waals surface area (Å²) in [4.78, 5) is 35.7. The van der Waals surface area contributed by atoms with Crippen molar-refractivity contribution in [2.45, 2.75) is 12.8 Å². The van der Waals surface area contributed by atoms with Gasteiger partial charge in [-0.05, 0) is 71.3 Å². The number of amides is 1. The molecule has 4 rings (SSSR count). The van der Waals surface area contributed by atoms with Gasteiger partial charge in [-0.1, -0.05) is 35.9 Å². The fourth-order valence-electron chi connectivity index (χ4n) is 3.84. The van der Waals surface area contributed by atoms with Crippen LogP contribution in [0.5, 0.6) is 17.2 Å². The maximum atomic E-state index is 12.7. The maximum Gasteiger partial charge on any atom is 0.343 e. The van der Waals surface area contributed by atoms with Crippen molar-refractivity contribution in [2.75, 3.05) is 14.2 Å². The van der Waals surface area contributed by atoms with Gasteiger partial charge in [0, 0.05) is 6.07 Å². The molecule has 0 radical (unpaired) electrons. The molecule has 0 spiro atoms. The summed E-state index contributed by atoms with van der Waals surface area (Å²) in [6, 6.07) is 19.8. The molecule has 1 N–H and O–H groups in total. The smallest absolute Gasteiger partial charge is 0.343 e. The molecule has 11 heteroatoms. The third-order valence-electron chi connectivity index (χ3n) is 6.12. The number of carbonyl (C=O) groups excluding carboxylic acids is 2. The van der Waals surface area contributed by atoms with Crippen LogP contribution in [0.15, 0.2) is 77.9 Å². The molecule has 0 saturated carbocycles. The number of rotatable bonds is 9. The first-order chi connectivity index (χ1) is 19.2. The van der Waals surface area contributed by atoms with E-state index in [0.717, 1.165) is 28.2 Å². The summed E-state index contributed by atoms with van der Waals surface area (Å²) in [5.74, 6) is -0.506. The molecule has 4 aromatic carbocycles. The largest absolute Gasteiger partial charge is 0.497 e. The Morgan fingerprint density at radius 1 is 0.950 bits per heavy atom. The number of nitrogens with one attached hydrogen (secondary N) is 1. The van der Waals surface area contributed by atoms with E-state index in [-0.39, 0.29) is 28.0 Å². The van der Waals surface area contributed by atoms with Crippen molar-refractivity contribution >= 4 is 46.2 Å². The first-order valence-corrected chi connectivity index (χ1v) is 12.3. The van der Waals surface area contributed by atoms with Crippen molar-refractivity contribution in [3.63, 3.8) is 0 Å². The SMILES string of the molecule is COc1ccc2cc(C(C)C(=O)NN=Cc3ccc(OC(=O)c4ccc(Cl)c([N+](=O)[O-])c4)c(OC)c3)ccc2c1. The second-order valence-corrected chi connectivity index (χ2v) is 9.06. The van der Waals surface area contributed by atoms with E-state index in [2.05, 4.69) is 10.5 Å². The molecule has 0 aliphatic heterocycles. The van der Waals surface area contributed by atoms with Gasteiger partial charge in [-0.3, -0.25) is 14.9 Å². The molecule has 1 amide bonds. The van der Waals surface area contributed by atoms with Gasteiger partial charge in [-0.25, -0.2) is 10.2 Å². The first kappa shape index (κ1) is 28.1. The topological polar surface area (TPSA) is 129 Å². The minimum absolute atomic E-state index is 0.0493. The van der Waals surface area contributed by atoms with Gasteiger partial charge in [0.05, 0.1) is 36.8 Å². The zero-order valence-electron chi connectivity index (χ0n) is 21.7. The molecule has 40 heavy (non-hydrogen) atoms. The second-order valence-electron chi connectivity index (χ2n) is 8.65. The Morgan fingerprint density at radius 3 is 2.42 bits per heavy atom. The molecule has 0 aliphatic rings. The first-order valence-electron chi connectivity index (χ1n) is 11.9. The number of nitro groups is 1. The van der Waals surface area contributed by atoms with E-state index in [1.54, 1.807) is 26.2 Å². The molecule has 1 unspecified atom stereocenters. The monoisotopic (exact) mass is 561 g/mol. The highest BCUT2D eigenvalue weighted by Gasteiger charge is 2.19. The zero-order chi connectivity index (χ0) is 28.8. The fraction of sp³-hybridized carbons (Fsp3) is 0.138. The van der Waals surface area contributed by atoms with Crippen LogP contribution in [0.3, 0.4) is 0 Å². The number of methoxy groups -OCH3 is 2. The number of nitro benzene ring substituents is 1. The van der Waals surface area contributed by atoms with Crippen molar-refractivity contribution in [1.29, 1.82) is 0 Å². The van der Waals surface area contributed by atoms with Crippen LogP contribution >= 0.6 is 11.6 Å². The average Bonchev–Trinajstić information content (AvgIpc) is 2.96. The van der Waals surface area contributed by atoms with Crippen LogP contribution in [0.25, 0.3) is 10.8 Å². The Kier molecular flexibility index (Phi) is 8.60. The predicted octanol–water partition coefficient (Wildman–Crippen LogP) is 5.89. The van der Waals surface area contributed by atoms with Gasteiger partial charge in [0.1, 0.15) is 10.8 Å². The van der Waals surface area contributed by atoms with Crippen molar-refractivity contribution in [2.24, 2.45) is 5.10 Å². The molecule has 204 valence electrons. The van der Waals surface area contributed by atoms with E-state index in [9.17, 15) is 19.7 Å². The summed E-state index contributed by atoms with van der Waals surface area (Å²) in [6.45, 7) is 1.79. The lowest BCUT2D eigenvalue weighted by molar-refractivity contribution is -0.384. The normalized spacial score (nSPS) is 11.7. The molecule has 1 atom stereocenters. The molecule has 0 saturated heterocycles. The number of carbonyl (C=O) groups is 2. The molecule has 10 nitrogen and oxygen atoms in total. The van der Waals surface area contributed by atoms with Crippen molar-refractivity contribution < 1.29 is 28.7 Å². The summed E-state index contributed by atoms with van der Waals surface area (Å²) in [6.07, 6.45) is 1.42. The Hall–Kier alpha value is -4.96. The lowest BCUT2D eigenvalue weighted by Gasteiger charge is -2.12. The number of hydrogen-bond donors (Lipinski definition) is 1. The van der Waals surface area contributed by atoms with Crippen LogP contribution in [-0.2, 0) is 4.79 Å². The summed E-state index contributed by atoms with van der Waals surface area (Å²) in [5.41, 5.74) is 3.48. The Balaban J connectivity index is 1.41. The van der Waals surface area contributed by atoms with Gasteiger partial charge in [0.15, 0.2) is 11.5 Å². The van der Waals surface area contributed by atoms with Gasteiger partial charge < -0.3 is 14.2 Å². The van der Waals surface area contributed by atoms with Crippen LogP contribution in [0.4, 0.5) is 5.69 Å². The van der Waals surface area contributed by atoms with E-state index in [0.29, 0.717) is 5.56 Å². The summed E-state index contributed by atoms with van der Waals surface area (Å²) < 4.78 is 15.9. The molecule has 0 fully saturated rings. The summed E-state index contributed by atoms with van der Waals surface area (Å²) >= 11 is 5.80. The zero-order valence-corrected chi connectivity index (χ0v) is 22.5. The van der Waals surface area contributed by atoms with Crippen molar-refractivity contribution in [1.82, 2.24) is 5.43 Å². The quantitative estimate of drug-likeness (QED) is 0.0886. The third-order valence-corrected chi connectivity index (χ3v) is 6.44. The van der Waals surface area contributed by atoms with Crippen LogP contribution in [-0.4, -0.2) is 37.2 Å². The number of benzene rings is 4.